The number of hydrogen-bond donors (Lipinski definition) is 1. The normalized spacial score (nSPS) is 12.8. The van der Waals surface area contributed by atoms with E-state index in [1.54, 1.807) is 7.11 Å². The van der Waals surface area contributed by atoms with Crippen molar-refractivity contribution in [1.82, 2.24) is 5.32 Å². The fourth-order valence-electron chi connectivity index (χ4n) is 1.64. The molecule has 3 nitrogen and oxygen atoms in total. The average molecular weight is 249 g/mol. The Morgan fingerprint density at radius 2 is 2.11 bits per heavy atom. The molecule has 0 spiro atoms. The smallest absolute Gasteiger partial charge is 0.126 e. The first-order valence-corrected chi connectivity index (χ1v) is 6.36. The van der Waals surface area contributed by atoms with Gasteiger partial charge in [0.05, 0.1) is 6.61 Å². The predicted octanol–water partition coefficient (Wildman–Crippen LogP) is 2.72. The van der Waals surface area contributed by atoms with Crippen LogP contribution in [0.25, 0.3) is 6.08 Å². The molecule has 18 heavy (non-hydrogen) atoms. The van der Waals surface area contributed by atoms with Crippen LogP contribution in [0.4, 0.5) is 0 Å². The summed E-state index contributed by atoms with van der Waals surface area (Å²) in [4.78, 5) is 0. The Balaban J connectivity index is 2.45. The molecule has 0 aliphatic rings. The highest BCUT2D eigenvalue weighted by molar-refractivity contribution is 5.56. The van der Waals surface area contributed by atoms with Crippen LogP contribution >= 0.6 is 0 Å². The van der Waals surface area contributed by atoms with E-state index in [0.717, 1.165) is 31.0 Å². The minimum atomic E-state index is 0.133. The van der Waals surface area contributed by atoms with E-state index in [2.05, 4.69) is 24.4 Å². The molecule has 1 unspecified atom stereocenters. The van der Waals surface area contributed by atoms with Gasteiger partial charge in [0.1, 0.15) is 11.9 Å². The first kappa shape index (κ1) is 14.7. The van der Waals surface area contributed by atoms with Crippen molar-refractivity contribution in [2.45, 2.75) is 20.0 Å². The highest BCUT2D eigenvalue weighted by Gasteiger charge is 2.05. The largest absolute Gasteiger partial charge is 0.489 e. The topological polar surface area (TPSA) is 30.5 Å². The Hall–Kier alpha value is -1.32. The summed E-state index contributed by atoms with van der Waals surface area (Å²) in [6.45, 7) is 6.45. The lowest BCUT2D eigenvalue weighted by Crippen LogP contribution is -2.31. The lowest BCUT2D eigenvalue weighted by atomic mass is 10.2. The van der Waals surface area contributed by atoms with Gasteiger partial charge < -0.3 is 14.8 Å². The van der Waals surface area contributed by atoms with E-state index < -0.39 is 0 Å². The molecule has 0 amide bonds. The monoisotopic (exact) mass is 249 g/mol. The first-order chi connectivity index (χ1) is 8.77. The van der Waals surface area contributed by atoms with Crippen LogP contribution in [0.15, 0.2) is 30.3 Å². The van der Waals surface area contributed by atoms with Crippen LogP contribution in [0.3, 0.4) is 0 Å². The second-order valence-corrected chi connectivity index (χ2v) is 4.16. The number of ether oxygens (including phenoxy) is 2. The molecule has 0 saturated carbocycles. The number of allylic oxidation sites excluding steroid dienone is 1. The molecule has 0 fully saturated rings. The Morgan fingerprint density at radius 3 is 2.83 bits per heavy atom. The van der Waals surface area contributed by atoms with Gasteiger partial charge in [-0.3, -0.25) is 0 Å². The van der Waals surface area contributed by atoms with Crippen molar-refractivity contribution in [3.05, 3.63) is 35.9 Å². The van der Waals surface area contributed by atoms with Crippen LogP contribution in [0, 0.1) is 0 Å². The molecular weight excluding hydrogens is 226 g/mol. The fourth-order valence-corrected chi connectivity index (χ4v) is 1.64. The summed E-state index contributed by atoms with van der Waals surface area (Å²) in [6, 6.07) is 8.07. The van der Waals surface area contributed by atoms with Gasteiger partial charge in [0.15, 0.2) is 0 Å². The zero-order valence-electron chi connectivity index (χ0n) is 11.5. The Morgan fingerprint density at radius 1 is 1.33 bits per heavy atom. The second-order valence-electron chi connectivity index (χ2n) is 4.16. The number of benzene rings is 1. The summed E-state index contributed by atoms with van der Waals surface area (Å²) in [6.07, 6.45) is 4.21. The van der Waals surface area contributed by atoms with Gasteiger partial charge in [-0.25, -0.2) is 0 Å². The van der Waals surface area contributed by atoms with E-state index in [4.69, 9.17) is 9.47 Å². The van der Waals surface area contributed by atoms with Crippen LogP contribution in [0.2, 0.25) is 0 Å². The van der Waals surface area contributed by atoms with Gasteiger partial charge in [0, 0.05) is 25.8 Å². The number of methoxy groups -OCH3 is 1. The van der Waals surface area contributed by atoms with E-state index in [1.807, 2.05) is 31.2 Å². The zero-order valence-corrected chi connectivity index (χ0v) is 11.5. The lowest BCUT2D eigenvalue weighted by molar-refractivity contribution is 0.184. The number of nitrogens with one attached hydrogen (secondary N) is 1. The molecule has 1 N–H and O–H groups in total. The summed E-state index contributed by atoms with van der Waals surface area (Å²) in [5.74, 6) is 0.927. The van der Waals surface area contributed by atoms with Crippen molar-refractivity contribution < 1.29 is 9.47 Å². The van der Waals surface area contributed by atoms with Crippen molar-refractivity contribution >= 4 is 6.08 Å². The number of hydrogen-bond acceptors (Lipinski definition) is 3. The minimum Gasteiger partial charge on any atom is -0.489 e. The Kier molecular flexibility index (Phi) is 7.14. The van der Waals surface area contributed by atoms with Gasteiger partial charge in [0.25, 0.3) is 0 Å². The van der Waals surface area contributed by atoms with Gasteiger partial charge in [-0.1, -0.05) is 30.4 Å². The minimum absolute atomic E-state index is 0.133. The summed E-state index contributed by atoms with van der Waals surface area (Å²) in [7, 11) is 1.70. The summed E-state index contributed by atoms with van der Waals surface area (Å²) >= 11 is 0. The van der Waals surface area contributed by atoms with Gasteiger partial charge in [-0.05, 0) is 19.9 Å². The molecule has 100 valence electrons. The molecule has 0 aliphatic heterocycles. The van der Waals surface area contributed by atoms with Gasteiger partial charge in [0.2, 0.25) is 0 Å². The van der Waals surface area contributed by atoms with Crippen molar-refractivity contribution in [3.8, 4) is 5.75 Å². The van der Waals surface area contributed by atoms with Crippen molar-refractivity contribution in [3.63, 3.8) is 0 Å². The number of para-hydroxylation sites is 1. The zero-order chi connectivity index (χ0) is 13.2. The SMILES string of the molecule is CC=Cc1ccccc1OC(C)CNCCOC. The molecule has 1 aromatic rings. The van der Waals surface area contributed by atoms with Gasteiger partial charge in [-0.15, -0.1) is 0 Å². The van der Waals surface area contributed by atoms with Crippen LogP contribution in [0.1, 0.15) is 19.4 Å². The van der Waals surface area contributed by atoms with Crippen molar-refractivity contribution in [2.24, 2.45) is 0 Å². The highest BCUT2D eigenvalue weighted by Crippen LogP contribution is 2.20. The summed E-state index contributed by atoms with van der Waals surface area (Å²) in [5.41, 5.74) is 1.11. The Labute approximate surface area is 110 Å². The predicted molar refractivity (Wildman–Crippen MR) is 76.0 cm³/mol. The first-order valence-electron chi connectivity index (χ1n) is 6.36. The fraction of sp³-hybridized carbons (Fsp3) is 0.467. The summed E-state index contributed by atoms with van der Waals surface area (Å²) < 4.78 is 10.9. The molecule has 0 saturated heterocycles. The molecule has 3 heteroatoms. The van der Waals surface area contributed by atoms with Crippen LogP contribution < -0.4 is 10.1 Å². The van der Waals surface area contributed by atoms with Gasteiger partial charge >= 0.3 is 0 Å². The molecule has 0 aromatic heterocycles. The van der Waals surface area contributed by atoms with E-state index in [9.17, 15) is 0 Å². The van der Waals surface area contributed by atoms with E-state index in [1.165, 1.54) is 0 Å². The molecule has 0 radical (unpaired) electrons. The quantitative estimate of drug-likeness (QED) is 0.719. The molecule has 0 bridgehead atoms. The molecule has 1 atom stereocenters. The second kappa shape index (κ2) is 8.72. The maximum absolute atomic E-state index is 5.92. The molecule has 1 rings (SSSR count). The highest BCUT2D eigenvalue weighted by atomic mass is 16.5. The molecule has 0 heterocycles. The molecule has 0 aliphatic carbocycles. The Bertz CT molecular complexity index is 363. The van der Waals surface area contributed by atoms with Crippen molar-refractivity contribution in [1.29, 1.82) is 0 Å². The van der Waals surface area contributed by atoms with Crippen molar-refractivity contribution in [2.75, 3.05) is 26.8 Å². The van der Waals surface area contributed by atoms with Crippen LogP contribution in [-0.2, 0) is 4.74 Å². The van der Waals surface area contributed by atoms with E-state index in [-0.39, 0.29) is 6.10 Å². The maximum atomic E-state index is 5.92. The third kappa shape index (κ3) is 5.34. The van der Waals surface area contributed by atoms with Gasteiger partial charge in [-0.2, -0.15) is 0 Å². The maximum Gasteiger partial charge on any atom is 0.126 e. The van der Waals surface area contributed by atoms with Crippen LogP contribution in [0.5, 0.6) is 5.75 Å². The van der Waals surface area contributed by atoms with E-state index in [0.29, 0.717) is 0 Å². The average Bonchev–Trinajstić information content (AvgIpc) is 2.37. The van der Waals surface area contributed by atoms with Crippen LogP contribution in [-0.4, -0.2) is 32.9 Å². The summed E-state index contributed by atoms with van der Waals surface area (Å²) in [5, 5.41) is 3.29. The third-order valence-corrected chi connectivity index (χ3v) is 2.51. The third-order valence-electron chi connectivity index (χ3n) is 2.51. The lowest BCUT2D eigenvalue weighted by Gasteiger charge is -2.17. The molecular formula is C15H23NO2. The van der Waals surface area contributed by atoms with E-state index >= 15 is 0 Å². The number of rotatable bonds is 8. The molecule has 1 aromatic carbocycles. The standard InChI is InChI=1S/C15H23NO2/c1-4-7-14-8-5-6-9-15(14)18-13(2)12-16-10-11-17-3/h4-9,13,16H,10-12H2,1-3H3.